The van der Waals surface area contributed by atoms with Crippen LogP contribution in [-0.2, 0) is 25.8 Å². The zero-order valence-corrected chi connectivity index (χ0v) is 22.4. The van der Waals surface area contributed by atoms with E-state index in [1.165, 1.54) is 9.96 Å². The number of piperazine rings is 1. The standard InChI is InChI=1S/C26H38N6O6/c1-26(2,3)38-25(36)30-15-13-29(14-16-30)12-11-22(33)27-28-23(34)21-10-9-20-17-31(21)24(35)32(20)37-18-19-7-5-4-6-8-19/h4-8,20-21H,9-18H2,1-3H3,(H,27,33)(H,28,34)/t20?,21-/m0/s1. The van der Waals surface area contributed by atoms with E-state index in [2.05, 4.69) is 15.8 Å². The number of ether oxygens (including phenoxy) is 1. The number of amides is 5. The first kappa shape index (κ1) is 27.6. The van der Waals surface area contributed by atoms with E-state index in [0.29, 0.717) is 52.1 Å². The van der Waals surface area contributed by atoms with Gasteiger partial charge in [0.2, 0.25) is 5.91 Å². The molecule has 2 atom stereocenters. The van der Waals surface area contributed by atoms with Gasteiger partial charge in [-0.2, -0.15) is 5.06 Å². The number of benzene rings is 1. The largest absolute Gasteiger partial charge is 0.444 e. The number of carbonyl (C=O) groups is 4. The lowest BCUT2D eigenvalue weighted by atomic mass is 10.0. The summed E-state index contributed by atoms with van der Waals surface area (Å²) in [6, 6.07) is 8.50. The van der Waals surface area contributed by atoms with Crippen LogP contribution in [0.15, 0.2) is 30.3 Å². The molecule has 2 N–H and O–H groups in total. The molecule has 1 unspecified atom stereocenters. The summed E-state index contributed by atoms with van der Waals surface area (Å²) in [5, 5.41) is 1.38. The molecule has 0 aromatic heterocycles. The van der Waals surface area contributed by atoms with Crippen molar-refractivity contribution >= 4 is 23.9 Å². The number of rotatable bonds is 7. The molecule has 3 aliphatic heterocycles. The Morgan fingerprint density at radius 2 is 1.71 bits per heavy atom. The van der Waals surface area contributed by atoms with E-state index >= 15 is 0 Å². The van der Waals surface area contributed by atoms with Crippen molar-refractivity contribution in [1.82, 2.24) is 30.6 Å². The van der Waals surface area contributed by atoms with Gasteiger partial charge in [0.05, 0.1) is 6.04 Å². The minimum absolute atomic E-state index is 0.0966. The lowest BCUT2D eigenvalue weighted by molar-refractivity contribution is -0.140. The normalized spacial score (nSPS) is 21.9. The van der Waals surface area contributed by atoms with Gasteiger partial charge in [0, 0.05) is 45.7 Å². The van der Waals surface area contributed by atoms with Crippen molar-refractivity contribution in [3.05, 3.63) is 35.9 Å². The summed E-state index contributed by atoms with van der Waals surface area (Å²) in [4.78, 5) is 61.3. The van der Waals surface area contributed by atoms with Gasteiger partial charge in [-0.25, -0.2) is 9.59 Å². The monoisotopic (exact) mass is 530 g/mol. The van der Waals surface area contributed by atoms with Gasteiger partial charge in [-0.3, -0.25) is 30.2 Å². The highest BCUT2D eigenvalue weighted by atomic mass is 16.7. The van der Waals surface area contributed by atoms with Crippen LogP contribution in [0.1, 0.15) is 45.6 Å². The molecule has 3 saturated heterocycles. The van der Waals surface area contributed by atoms with Gasteiger partial charge in [-0.15, -0.1) is 0 Å². The van der Waals surface area contributed by atoms with Crippen LogP contribution in [0.5, 0.6) is 0 Å². The SMILES string of the molecule is CC(C)(C)OC(=O)N1CCN(CCC(=O)NNC(=O)[C@@H]2CCC3CN2C(=O)N3OCc2ccccc2)CC1. The summed E-state index contributed by atoms with van der Waals surface area (Å²) in [6.45, 7) is 9.05. The molecule has 1 aromatic carbocycles. The first-order valence-electron chi connectivity index (χ1n) is 13.2. The van der Waals surface area contributed by atoms with Crippen LogP contribution >= 0.6 is 0 Å². The number of urea groups is 1. The Morgan fingerprint density at radius 3 is 2.39 bits per heavy atom. The number of hydroxylamine groups is 2. The molecule has 0 aliphatic carbocycles. The highest BCUT2D eigenvalue weighted by molar-refractivity contribution is 5.90. The first-order valence-corrected chi connectivity index (χ1v) is 13.2. The van der Waals surface area contributed by atoms with Crippen LogP contribution in [0.3, 0.4) is 0 Å². The van der Waals surface area contributed by atoms with Gasteiger partial charge >= 0.3 is 12.1 Å². The fraction of sp³-hybridized carbons (Fsp3) is 0.615. The summed E-state index contributed by atoms with van der Waals surface area (Å²) in [5.41, 5.74) is 5.37. The number of nitrogens with one attached hydrogen (secondary N) is 2. The van der Waals surface area contributed by atoms with E-state index in [0.717, 1.165) is 5.56 Å². The average molecular weight is 531 g/mol. The second-order valence-electron chi connectivity index (χ2n) is 10.9. The summed E-state index contributed by atoms with van der Waals surface area (Å²) in [6.07, 6.45) is 1.00. The van der Waals surface area contributed by atoms with Gasteiger partial charge in [0.1, 0.15) is 18.2 Å². The van der Waals surface area contributed by atoms with Crippen molar-refractivity contribution in [2.45, 2.75) is 64.3 Å². The number of piperidine rings is 1. The highest BCUT2D eigenvalue weighted by Crippen LogP contribution is 2.30. The summed E-state index contributed by atoms with van der Waals surface area (Å²) >= 11 is 0. The Kier molecular flexibility index (Phi) is 8.72. The molecule has 12 nitrogen and oxygen atoms in total. The minimum Gasteiger partial charge on any atom is -0.444 e. The minimum atomic E-state index is -0.662. The number of hydrogen-bond acceptors (Lipinski definition) is 7. The molecular weight excluding hydrogens is 492 g/mol. The van der Waals surface area contributed by atoms with Gasteiger partial charge in [-0.05, 0) is 39.2 Å². The maximum Gasteiger partial charge on any atom is 0.410 e. The topological polar surface area (TPSA) is 124 Å². The van der Waals surface area contributed by atoms with E-state index in [4.69, 9.17) is 9.57 Å². The average Bonchev–Trinajstić information content (AvgIpc) is 3.13. The van der Waals surface area contributed by atoms with Crippen molar-refractivity contribution in [3.8, 4) is 0 Å². The number of hydrazine groups is 1. The van der Waals surface area contributed by atoms with Crippen LogP contribution in [0, 0.1) is 0 Å². The Morgan fingerprint density at radius 1 is 1.00 bits per heavy atom. The summed E-state index contributed by atoms with van der Waals surface area (Å²) in [7, 11) is 0. The predicted octanol–water partition coefficient (Wildman–Crippen LogP) is 1.48. The summed E-state index contributed by atoms with van der Waals surface area (Å²) in [5.74, 6) is -0.733. The van der Waals surface area contributed by atoms with Gasteiger partial charge < -0.3 is 14.5 Å². The second kappa shape index (κ2) is 12.0. The molecule has 0 spiro atoms. The van der Waals surface area contributed by atoms with Crippen LogP contribution in [0.2, 0.25) is 0 Å². The van der Waals surface area contributed by atoms with E-state index in [1.807, 2.05) is 51.1 Å². The molecule has 1 aromatic rings. The molecule has 3 aliphatic rings. The Balaban J connectivity index is 1.15. The Bertz CT molecular complexity index is 1010. The lowest BCUT2D eigenvalue weighted by Gasteiger charge is -2.35. The first-order chi connectivity index (χ1) is 18.1. The Hall–Kier alpha value is -3.38. The third-order valence-electron chi connectivity index (χ3n) is 6.84. The molecule has 3 heterocycles. The molecule has 0 radical (unpaired) electrons. The van der Waals surface area contributed by atoms with Crippen molar-refractivity contribution in [2.75, 3.05) is 39.3 Å². The maximum atomic E-state index is 12.9. The van der Waals surface area contributed by atoms with Crippen molar-refractivity contribution < 1.29 is 28.8 Å². The van der Waals surface area contributed by atoms with Crippen LogP contribution in [0.4, 0.5) is 9.59 Å². The van der Waals surface area contributed by atoms with E-state index in [-0.39, 0.29) is 37.1 Å². The van der Waals surface area contributed by atoms with E-state index in [9.17, 15) is 19.2 Å². The highest BCUT2D eigenvalue weighted by Gasteiger charge is 2.48. The number of nitrogens with zero attached hydrogens (tertiary/aromatic N) is 4. The Labute approximate surface area is 223 Å². The third kappa shape index (κ3) is 7.13. The molecule has 208 valence electrons. The number of carbonyl (C=O) groups excluding carboxylic acids is 4. The van der Waals surface area contributed by atoms with Gasteiger partial charge in [-0.1, -0.05) is 30.3 Å². The number of hydrogen-bond donors (Lipinski definition) is 2. The van der Waals surface area contributed by atoms with Gasteiger partial charge in [0.25, 0.3) is 5.91 Å². The predicted molar refractivity (Wildman–Crippen MR) is 137 cm³/mol. The van der Waals surface area contributed by atoms with Crippen molar-refractivity contribution in [1.29, 1.82) is 0 Å². The zero-order chi connectivity index (χ0) is 27.3. The van der Waals surface area contributed by atoms with E-state index in [1.54, 1.807) is 4.90 Å². The quantitative estimate of drug-likeness (QED) is 0.512. The smallest absolute Gasteiger partial charge is 0.410 e. The molecule has 12 heteroatoms. The van der Waals surface area contributed by atoms with Crippen molar-refractivity contribution in [3.63, 3.8) is 0 Å². The van der Waals surface area contributed by atoms with Crippen LogP contribution in [-0.4, -0.2) is 101 Å². The van der Waals surface area contributed by atoms with Gasteiger partial charge in [0.15, 0.2) is 0 Å². The molecule has 2 bridgehead atoms. The van der Waals surface area contributed by atoms with Crippen molar-refractivity contribution in [2.24, 2.45) is 0 Å². The fourth-order valence-corrected chi connectivity index (χ4v) is 4.81. The molecule has 4 rings (SSSR count). The van der Waals surface area contributed by atoms with Crippen LogP contribution in [0.25, 0.3) is 0 Å². The zero-order valence-electron chi connectivity index (χ0n) is 22.4. The maximum absolute atomic E-state index is 12.9. The number of fused-ring (bicyclic) bond motifs is 2. The third-order valence-corrected chi connectivity index (χ3v) is 6.84. The summed E-state index contributed by atoms with van der Waals surface area (Å²) < 4.78 is 5.41. The molecular formula is C26H38N6O6. The van der Waals surface area contributed by atoms with E-state index < -0.39 is 17.6 Å². The fourth-order valence-electron chi connectivity index (χ4n) is 4.81. The molecule has 38 heavy (non-hydrogen) atoms. The second-order valence-corrected chi connectivity index (χ2v) is 10.9. The lowest BCUT2D eigenvalue weighted by Crippen LogP contribution is -2.54. The molecule has 5 amide bonds. The molecule has 0 saturated carbocycles. The van der Waals surface area contributed by atoms with Crippen LogP contribution < -0.4 is 10.9 Å². The molecule has 3 fully saturated rings.